The molecule has 188 valence electrons. The molecule has 0 saturated heterocycles. The number of nitrogens with zero attached hydrogens (tertiary/aromatic N) is 2. The Bertz CT molecular complexity index is 1940. The topological polar surface area (TPSA) is 9.86 Å². The summed E-state index contributed by atoms with van der Waals surface area (Å²) in [6, 6.07) is 35.9. The Balaban J connectivity index is 1.28. The maximum atomic E-state index is 2.49. The molecule has 2 aliphatic rings. The molecule has 2 aromatic heterocycles. The number of fused-ring (bicyclic) bond motifs is 6. The van der Waals surface area contributed by atoms with Crippen molar-refractivity contribution in [2.24, 2.45) is 0 Å². The van der Waals surface area contributed by atoms with Gasteiger partial charge in [-0.05, 0) is 90.4 Å². The summed E-state index contributed by atoms with van der Waals surface area (Å²) in [6.45, 7) is 0. The standard InChI is InChI=1S/C37H30N2/c1-2-16-30-31-17-4-7-21-35(31)38(34(30)20-3-1)28-14-10-12-26(24-28)27-13-11-15-29(25-27)39-36-22-8-5-18-32(36)33-19-6-9-23-37(33)39/h1,3-5,7-15,17-18,21-25H,2,6,16,19-20H2. The minimum Gasteiger partial charge on any atom is -0.313 e. The van der Waals surface area contributed by atoms with Gasteiger partial charge in [0.15, 0.2) is 0 Å². The summed E-state index contributed by atoms with van der Waals surface area (Å²) < 4.78 is 4.94. The lowest BCUT2D eigenvalue weighted by Gasteiger charge is -2.15. The first-order valence-corrected chi connectivity index (χ1v) is 14.1. The molecular formula is C37H30N2. The van der Waals surface area contributed by atoms with Crippen LogP contribution in [0, 0.1) is 0 Å². The van der Waals surface area contributed by atoms with Crippen LogP contribution in [-0.2, 0) is 19.3 Å². The van der Waals surface area contributed by atoms with Crippen molar-refractivity contribution in [2.75, 3.05) is 0 Å². The van der Waals surface area contributed by atoms with Gasteiger partial charge in [-0.1, -0.05) is 78.9 Å². The molecule has 2 aliphatic carbocycles. The number of allylic oxidation sites excluding steroid dienone is 3. The van der Waals surface area contributed by atoms with Gasteiger partial charge in [0.05, 0.1) is 11.0 Å². The molecule has 0 fully saturated rings. The first-order valence-electron chi connectivity index (χ1n) is 14.1. The van der Waals surface area contributed by atoms with E-state index < -0.39 is 0 Å². The highest BCUT2D eigenvalue weighted by atomic mass is 15.0. The van der Waals surface area contributed by atoms with Crippen LogP contribution in [0.4, 0.5) is 0 Å². The van der Waals surface area contributed by atoms with Crippen molar-refractivity contribution < 1.29 is 0 Å². The SMILES string of the molecule is C1=Cc2c(c3ccccc3n2-c2cccc(-c3cccc(-n4c5c(c6ccccc64)CCC=CC5)c3)c2)CC1. The van der Waals surface area contributed by atoms with E-state index in [4.69, 9.17) is 0 Å². The number of rotatable bonds is 3. The highest BCUT2D eigenvalue weighted by Gasteiger charge is 2.20. The van der Waals surface area contributed by atoms with Crippen molar-refractivity contribution in [3.05, 3.63) is 138 Å². The maximum Gasteiger partial charge on any atom is 0.0537 e. The molecule has 0 saturated carbocycles. The number of para-hydroxylation sites is 2. The van der Waals surface area contributed by atoms with Gasteiger partial charge in [0.1, 0.15) is 0 Å². The van der Waals surface area contributed by atoms with E-state index in [0.29, 0.717) is 0 Å². The second kappa shape index (κ2) is 9.03. The van der Waals surface area contributed by atoms with E-state index in [2.05, 4.69) is 131 Å². The van der Waals surface area contributed by atoms with Gasteiger partial charge < -0.3 is 9.13 Å². The van der Waals surface area contributed by atoms with Crippen LogP contribution in [0.5, 0.6) is 0 Å². The van der Waals surface area contributed by atoms with Gasteiger partial charge in [-0.25, -0.2) is 0 Å². The van der Waals surface area contributed by atoms with Crippen molar-refractivity contribution in [2.45, 2.75) is 32.1 Å². The van der Waals surface area contributed by atoms with Crippen molar-refractivity contribution in [3.63, 3.8) is 0 Å². The lowest BCUT2D eigenvalue weighted by atomic mass is 10.0. The molecule has 2 nitrogen and oxygen atoms in total. The molecule has 0 radical (unpaired) electrons. The number of benzene rings is 4. The fraction of sp³-hybridized carbons (Fsp3) is 0.135. The van der Waals surface area contributed by atoms with Crippen LogP contribution in [-0.4, -0.2) is 9.13 Å². The Labute approximate surface area is 229 Å². The molecule has 0 atom stereocenters. The Morgan fingerprint density at radius 2 is 1.13 bits per heavy atom. The summed E-state index contributed by atoms with van der Waals surface area (Å²) in [4.78, 5) is 0. The molecule has 0 unspecified atom stereocenters. The average molecular weight is 503 g/mol. The average Bonchev–Trinajstić information content (AvgIpc) is 3.38. The van der Waals surface area contributed by atoms with Crippen LogP contribution < -0.4 is 0 Å². The summed E-state index contributed by atoms with van der Waals surface area (Å²) in [5, 5.41) is 2.76. The monoisotopic (exact) mass is 502 g/mol. The van der Waals surface area contributed by atoms with Crippen LogP contribution in [0.25, 0.3) is 50.4 Å². The van der Waals surface area contributed by atoms with Crippen LogP contribution >= 0.6 is 0 Å². The van der Waals surface area contributed by atoms with E-state index >= 15 is 0 Å². The fourth-order valence-electron chi connectivity index (χ4n) is 6.80. The van der Waals surface area contributed by atoms with E-state index in [0.717, 1.165) is 32.1 Å². The number of aromatic nitrogens is 2. The summed E-state index contributed by atoms with van der Waals surface area (Å²) in [5.74, 6) is 0. The van der Waals surface area contributed by atoms with Gasteiger partial charge in [0.2, 0.25) is 0 Å². The van der Waals surface area contributed by atoms with Crippen LogP contribution in [0.3, 0.4) is 0 Å². The number of aryl methyl sites for hydroxylation is 2. The van der Waals surface area contributed by atoms with Gasteiger partial charge in [-0.15, -0.1) is 0 Å². The van der Waals surface area contributed by atoms with Gasteiger partial charge in [0.25, 0.3) is 0 Å². The molecule has 2 heterocycles. The van der Waals surface area contributed by atoms with Crippen molar-refractivity contribution in [1.29, 1.82) is 0 Å². The molecule has 4 aromatic carbocycles. The van der Waals surface area contributed by atoms with Crippen LogP contribution in [0.15, 0.2) is 115 Å². The Morgan fingerprint density at radius 3 is 1.90 bits per heavy atom. The molecule has 0 spiro atoms. The van der Waals surface area contributed by atoms with Crippen LogP contribution in [0.2, 0.25) is 0 Å². The van der Waals surface area contributed by atoms with Crippen molar-refractivity contribution >= 4 is 27.9 Å². The Morgan fingerprint density at radius 1 is 0.513 bits per heavy atom. The van der Waals surface area contributed by atoms with Crippen molar-refractivity contribution in [1.82, 2.24) is 9.13 Å². The van der Waals surface area contributed by atoms with Gasteiger partial charge in [0, 0.05) is 40.0 Å². The second-order valence-corrected chi connectivity index (χ2v) is 10.8. The van der Waals surface area contributed by atoms with Gasteiger partial charge in [-0.2, -0.15) is 0 Å². The van der Waals surface area contributed by atoms with Gasteiger partial charge in [-0.3, -0.25) is 0 Å². The van der Waals surface area contributed by atoms with E-state index in [9.17, 15) is 0 Å². The predicted molar refractivity (Wildman–Crippen MR) is 164 cm³/mol. The van der Waals surface area contributed by atoms with E-state index in [1.54, 1.807) is 0 Å². The third-order valence-electron chi connectivity index (χ3n) is 8.53. The third-order valence-corrected chi connectivity index (χ3v) is 8.53. The lowest BCUT2D eigenvalue weighted by Crippen LogP contribution is -2.01. The molecule has 39 heavy (non-hydrogen) atoms. The molecule has 0 amide bonds. The summed E-state index contributed by atoms with van der Waals surface area (Å²) in [5.41, 5.74) is 13.2. The Kier molecular flexibility index (Phi) is 5.19. The first-order chi connectivity index (χ1) is 19.4. The molecular weight excluding hydrogens is 472 g/mol. The second-order valence-electron chi connectivity index (χ2n) is 10.8. The first kappa shape index (κ1) is 22.4. The van der Waals surface area contributed by atoms with E-state index in [1.165, 1.54) is 66.8 Å². The van der Waals surface area contributed by atoms with E-state index in [1.807, 2.05) is 0 Å². The van der Waals surface area contributed by atoms with E-state index in [-0.39, 0.29) is 0 Å². The Hall–Kier alpha value is -4.56. The molecule has 0 bridgehead atoms. The van der Waals surface area contributed by atoms with Gasteiger partial charge >= 0.3 is 0 Å². The van der Waals surface area contributed by atoms with Crippen LogP contribution in [0.1, 0.15) is 35.4 Å². The van der Waals surface area contributed by atoms with Crippen molar-refractivity contribution in [3.8, 4) is 22.5 Å². The highest BCUT2D eigenvalue weighted by Crippen LogP contribution is 2.36. The third kappa shape index (κ3) is 3.55. The zero-order chi connectivity index (χ0) is 25.8. The smallest absolute Gasteiger partial charge is 0.0537 e. The zero-order valence-electron chi connectivity index (χ0n) is 22.0. The normalized spacial score (nSPS) is 14.5. The number of hydrogen-bond donors (Lipinski definition) is 0. The minimum atomic E-state index is 0.975. The quantitative estimate of drug-likeness (QED) is 0.213. The molecule has 0 N–H and O–H groups in total. The fourth-order valence-corrected chi connectivity index (χ4v) is 6.80. The molecule has 2 heteroatoms. The number of hydrogen-bond acceptors (Lipinski definition) is 0. The summed E-state index contributed by atoms with van der Waals surface area (Å²) in [7, 11) is 0. The molecule has 8 rings (SSSR count). The summed E-state index contributed by atoms with van der Waals surface area (Å²) in [6.07, 6.45) is 14.7. The minimum absolute atomic E-state index is 0.975. The largest absolute Gasteiger partial charge is 0.313 e. The summed E-state index contributed by atoms with van der Waals surface area (Å²) >= 11 is 0. The highest BCUT2D eigenvalue weighted by molar-refractivity contribution is 5.91. The molecule has 6 aromatic rings. The predicted octanol–water partition coefficient (Wildman–Crippen LogP) is 9.25. The maximum absolute atomic E-state index is 2.49. The molecule has 0 aliphatic heterocycles. The lowest BCUT2D eigenvalue weighted by molar-refractivity contribution is 0.959. The zero-order valence-corrected chi connectivity index (χ0v) is 22.0.